The van der Waals surface area contributed by atoms with Crippen LogP contribution < -0.4 is 5.73 Å². The Bertz CT molecular complexity index is 372. The molecular formula is C7H4F6N2. The first-order chi connectivity index (χ1) is 6.75. The molecule has 1 rings (SSSR count). The van der Waals surface area contributed by atoms with Crippen LogP contribution in [0.3, 0.4) is 0 Å². The average Bonchev–Trinajstić information content (AvgIpc) is 2.00. The fourth-order valence-electron chi connectivity index (χ4n) is 0.950. The number of hydrogen-bond acceptors (Lipinski definition) is 2. The van der Waals surface area contributed by atoms with Crippen LogP contribution in [0, 0.1) is 5.95 Å². The van der Waals surface area contributed by atoms with Gasteiger partial charge in [-0.25, -0.2) is 13.8 Å². The molecule has 15 heavy (non-hydrogen) atoms. The second-order valence-corrected chi connectivity index (χ2v) is 2.59. The predicted octanol–water partition coefficient (Wildman–Crippen LogP) is 2.76. The molecule has 0 atom stereocenters. The Morgan fingerprint density at radius 3 is 2.20 bits per heavy atom. The molecule has 0 amide bonds. The van der Waals surface area contributed by atoms with Crippen molar-refractivity contribution >= 4 is 5.69 Å². The van der Waals surface area contributed by atoms with Gasteiger partial charge in [-0.15, -0.1) is 0 Å². The summed E-state index contributed by atoms with van der Waals surface area (Å²) in [4.78, 5) is 2.58. The third-order valence-corrected chi connectivity index (χ3v) is 1.63. The predicted molar refractivity (Wildman–Crippen MR) is 38.6 cm³/mol. The number of nitrogen functional groups attached to an aromatic ring is 1. The molecule has 0 radical (unpaired) electrons. The highest BCUT2D eigenvalue weighted by Gasteiger charge is 2.36. The number of aromatic nitrogens is 1. The van der Waals surface area contributed by atoms with E-state index in [9.17, 15) is 26.3 Å². The summed E-state index contributed by atoms with van der Waals surface area (Å²) in [6, 6.07) is 0. The molecule has 0 aliphatic heterocycles. The molecule has 0 fully saturated rings. The summed E-state index contributed by atoms with van der Waals surface area (Å²) in [6.07, 6.45) is -8.30. The van der Waals surface area contributed by atoms with E-state index in [1.807, 2.05) is 0 Å². The monoisotopic (exact) mass is 230 g/mol. The molecule has 1 heterocycles. The lowest BCUT2D eigenvalue weighted by Gasteiger charge is -2.12. The molecule has 0 aliphatic rings. The van der Waals surface area contributed by atoms with Gasteiger partial charge in [0.15, 0.2) is 0 Å². The highest BCUT2D eigenvalue weighted by atomic mass is 19.4. The highest BCUT2D eigenvalue weighted by molar-refractivity contribution is 5.54. The number of pyridine rings is 1. The summed E-state index contributed by atoms with van der Waals surface area (Å²) < 4.78 is 73.3. The van der Waals surface area contributed by atoms with Crippen LogP contribution in [0.5, 0.6) is 0 Å². The fraction of sp³-hybridized carbons (Fsp3) is 0.286. The fourth-order valence-corrected chi connectivity index (χ4v) is 0.950. The van der Waals surface area contributed by atoms with Gasteiger partial charge < -0.3 is 5.73 Å². The lowest BCUT2D eigenvalue weighted by atomic mass is 10.1. The first kappa shape index (κ1) is 11.6. The van der Waals surface area contributed by atoms with E-state index in [2.05, 4.69) is 4.98 Å². The number of halogens is 6. The van der Waals surface area contributed by atoms with E-state index >= 15 is 0 Å². The van der Waals surface area contributed by atoms with E-state index in [4.69, 9.17) is 5.73 Å². The second-order valence-electron chi connectivity index (χ2n) is 2.59. The first-order valence-electron chi connectivity index (χ1n) is 3.54. The standard InChI is InChI=1S/C7H4F6N2/c8-5(9)3-4(14)2(7(11,12)13)1-15-6(3)10/h1,5H,(H2,14,15). The Morgan fingerprint density at radius 2 is 1.80 bits per heavy atom. The van der Waals surface area contributed by atoms with Gasteiger partial charge in [-0.2, -0.15) is 17.6 Å². The first-order valence-corrected chi connectivity index (χ1v) is 3.54. The Kier molecular flexibility index (Phi) is 2.78. The summed E-state index contributed by atoms with van der Waals surface area (Å²) in [5.74, 6) is -1.70. The van der Waals surface area contributed by atoms with Gasteiger partial charge in [-0.05, 0) is 0 Å². The summed E-state index contributed by atoms with van der Waals surface area (Å²) in [5.41, 5.74) is 0.369. The zero-order valence-electron chi connectivity index (χ0n) is 6.95. The number of hydrogen-bond donors (Lipinski definition) is 1. The minimum Gasteiger partial charge on any atom is -0.398 e. The number of nitrogens with zero attached hydrogens (tertiary/aromatic N) is 1. The van der Waals surface area contributed by atoms with E-state index in [1.165, 1.54) is 0 Å². The maximum Gasteiger partial charge on any atom is 0.419 e. The van der Waals surface area contributed by atoms with Crippen LogP contribution >= 0.6 is 0 Å². The Balaban J connectivity index is 3.42. The largest absolute Gasteiger partial charge is 0.419 e. The van der Waals surface area contributed by atoms with Crippen LogP contribution in [0.15, 0.2) is 6.20 Å². The number of rotatable bonds is 1. The van der Waals surface area contributed by atoms with Crippen molar-refractivity contribution in [1.29, 1.82) is 0 Å². The number of alkyl halides is 5. The Hall–Kier alpha value is -1.47. The summed E-state index contributed by atoms with van der Waals surface area (Å²) >= 11 is 0. The molecule has 0 aromatic carbocycles. The van der Waals surface area contributed by atoms with Gasteiger partial charge in [0, 0.05) is 6.20 Å². The van der Waals surface area contributed by atoms with Crippen molar-refractivity contribution in [2.45, 2.75) is 12.6 Å². The van der Waals surface area contributed by atoms with Gasteiger partial charge in [0.2, 0.25) is 5.95 Å². The van der Waals surface area contributed by atoms with Gasteiger partial charge in [-0.1, -0.05) is 0 Å². The summed E-state index contributed by atoms with van der Waals surface area (Å²) in [5, 5.41) is 0. The quantitative estimate of drug-likeness (QED) is 0.595. The molecule has 0 bridgehead atoms. The molecule has 1 aromatic rings. The van der Waals surface area contributed by atoms with Gasteiger partial charge in [0.05, 0.1) is 16.8 Å². The molecule has 8 heteroatoms. The van der Waals surface area contributed by atoms with E-state index in [1.54, 1.807) is 0 Å². The molecule has 84 valence electrons. The van der Waals surface area contributed by atoms with Crippen molar-refractivity contribution < 1.29 is 26.3 Å². The Labute approximate surface area is 79.7 Å². The van der Waals surface area contributed by atoms with E-state index in [0.717, 1.165) is 0 Å². The molecular weight excluding hydrogens is 226 g/mol. The van der Waals surface area contributed by atoms with Gasteiger partial charge in [-0.3, -0.25) is 0 Å². The molecule has 0 aliphatic carbocycles. The van der Waals surface area contributed by atoms with Gasteiger partial charge >= 0.3 is 6.18 Å². The number of anilines is 1. The van der Waals surface area contributed by atoms with Crippen LogP contribution in [0.4, 0.5) is 32.0 Å². The van der Waals surface area contributed by atoms with Gasteiger partial charge in [0.1, 0.15) is 0 Å². The normalized spacial score (nSPS) is 12.2. The molecule has 0 saturated heterocycles. The van der Waals surface area contributed by atoms with Crippen molar-refractivity contribution in [3.8, 4) is 0 Å². The lowest BCUT2D eigenvalue weighted by molar-refractivity contribution is -0.137. The van der Waals surface area contributed by atoms with Crippen LogP contribution in [0.25, 0.3) is 0 Å². The average molecular weight is 230 g/mol. The van der Waals surface area contributed by atoms with Gasteiger partial charge in [0.25, 0.3) is 6.43 Å². The Morgan fingerprint density at radius 1 is 1.27 bits per heavy atom. The van der Waals surface area contributed by atoms with Crippen LogP contribution in [0.2, 0.25) is 0 Å². The zero-order chi connectivity index (χ0) is 11.8. The van der Waals surface area contributed by atoms with Crippen molar-refractivity contribution in [3.05, 3.63) is 23.3 Å². The molecule has 0 spiro atoms. The summed E-state index contributed by atoms with van der Waals surface area (Å²) in [7, 11) is 0. The van der Waals surface area contributed by atoms with E-state index in [-0.39, 0.29) is 6.20 Å². The maximum atomic E-state index is 12.6. The molecule has 0 saturated carbocycles. The molecule has 2 nitrogen and oxygen atoms in total. The van der Waals surface area contributed by atoms with E-state index in [0.29, 0.717) is 0 Å². The van der Waals surface area contributed by atoms with Crippen molar-refractivity contribution in [3.63, 3.8) is 0 Å². The van der Waals surface area contributed by atoms with E-state index < -0.39 is 35.4 Å². The SMILES string of the molecule is Nc1c(C(F)(F)F)cnc(F)c1C(F)F. The smallest absolute Gasteiger partial charge is 0.398 e. The summed E-state index contributed by atoms with van der Waals surface area (Å²) in [6.45, 7) is 0. The lowest BCUT2D eigenvalue weighted by Crippen LogP contribution is -2.13. The third-order valence-electron chi connectivity index (χ3n) is 1.63. The van der Waals surface area contributed by atoms with Crippen LogP contribution in [-0.4, -0.2) is 4.98 Å². The number of nitrogens with two attached hydrogens (primary N) is 1. The highest BCUT2D eigenvalue weighted by Crippen LogP contribution is 2.38. The van der Waals surface area contributed by atoms with Crippen LogP contribution in [0.1, 0.15) is 17.6 Å². The minimum absolute atomic E-state index is 0.0799. The third kappa shape index (κ3) is 2.13. The topological polar surface area (TPSA) is 38.9 Å². The van der Waals surface area contributed by atoms with Crippen molar-refractivity contribution in [2.24, 2.45) is 0 Å². The second kappa shape index (κ2) is 3.59. The van der Waals surface area contributed by atoms with Crippen LogP contribution in [-0.2, 0) is 6.18 Å². The maximum absolute atomic E-state index is 12.6. The molecule has 2 N–H and O–H groups in total. The van der Waals surface area contributed by atoms with Crippen molar-refractivity contribution in [2.75, 3.05) is 5.73 Å². The molecule has 1 aromatic heterocycles. The zero-order valence-corrected chi connectivity index (χ0v) is 6.95. The minimum atomic E-state index is -4.94. The molecule has 0 unspecified atom stereocenters. The van der Waals surface area contributed by atoms with Crippen molar-refractivity contribution in [1.82, 2.24) is 4.98 Å².